The number of benzene rings is 1. The number of hydrogen-bond donors (Lipinski definition) is 0. The monoisotopic (exact) mass is 225 g/mol. The summed E-state index contributed by atoms with van der Waals surface area (Å²) in [5.41, 5.74) is 1.42. The first-order valence-electron chi connectivity index (χ1n) is 4.36. The summed E-state index contributed by atoms with van der Waals surface area (Å²) in [5, 5.41) is 0. The van der Waals surface area contributed by atoms with Crippen molar-refractivity contribution in [3.8, 4) is 0 Å². The Morgan fingerprint density at radius 2 is 1.75 bits per heavy atom. The van der Waals surface area contributed by atoms with Crippen LogP contribution in [0.5, 0.6) is 0 Å². The Kier molecular flexibility index (Phi) is 4.37. The Bertz CT molecular complexity index is 213. The number of halogens is 1. The third-order valence-electron chi connectivity index (χ3n) is 1.88. The van der Waals surface area contributed by atoms with Crippen molar-refractivity contribution in [1.82, 2.24) is 0 Å². The molecular weight excluding hydrogens is 212 g/mol. The van der Waals surface area contributed by atoms with E-state index in [1.807, 2.05) is 0 Å². The average molecular weight is 226 g/mol. The van der Waals surface area contributed by atoms with Crippen molar-refractivity contribution in [2.75, 3.05) is 0 Å². The van der Waals surface area contributed by atoms with Crippen LogP contribution < -0.4 is 0 Å². The van der Waals surface area contributed by atoms with Gasteiger partial charge in [-0.05, 0) is 30.5 Å². The van der Waals surface area contributed by atoms with Gasteiger partial charge >= 0.3 is 0 Å². The maximum atomic E-state index is 3.82. The van der Waals surface area contributed by atoms with Crippen molar-refractivity contribution in [1.29, 1.82) is 0 Å². The van der Waals surface area contributed by atoms with Crippen LogP contribution in [0.1, 0.15) is 24.8 Å². The molecule has 0 nitrogen and oxygen atoms in total. The van der Waals surface area contributed by atoms with E-state index in [0.29, 0.717) is 0 Å². The highest BCUT2D eigenvalue weighted by Gasteiger charge is 1.92. The Balaban J connectivity index is 2.37. The lowest BCUT2D eigenvalue weighted by molar-refractivity contribution is 0.746. The van der Waals surface area contributed by atoms with E-state index in [1.54, 1.807) is 0 Å². The second-order valence-electron chi connectivity index (χ2n) is 2.94. The normalized spacial score (nSPS) is 10.2. The van der Waals surface area contributed by atoms with Gasteiger partial charge in [-0.3, -0.25) is 0 Å². The van der Waals surface area contributed by atoms with Crippen LogP contribution in [0.25, 0.3) is 0 Å². The van der Waals surface area contributed by atoms with Gasteiger partial charge < -0.3 is 0 Å². The summed E-state index contributed by atoms with van der Waals surface area (Å²) in [6.45, 7) is 3.82. The maximum absolute atomic E-state index is 3.82. The highest BCUT2D eigenvalue weighted by atomic mass is 79.9. The van der Waals surface area contributed by atoms with Gasteiger partial charge in [-0.1, -0.05) is 47.8 Å². The van der Waals surface area contributed by atoms with Crippen molar-refractivity contribution in [2.24, 2.45) is 0 Å². The zero-order valence-electron chi connectivity index (χ0n) is 7.22. The summed E-state index contributed by atoms with van der Waals surface area (Å²) in [4.78, 5) is 0. The van der Waals surface area contributed by atoms with Crippen LogP contribution in [0.2, 0.25) is 0 Å². The van der Waals surface area contributed by atoms with E-state index in [4.69, 9.17) is 0 Å². The number of aryl methyl sites for hydroxylation is 1. The molecule has 0 fully saturated rings. The molecular formula is C11H14Br. The Morgan fingerprint density at radius 3 is 2.33 bits per heavy atom. The molecule has 1 heteroatoms. The number of unbranched alkanes of at least 4 members (excludes halogenated alkanes) is 2. The second-order valence-corrected chi connectivity index (χ2v) is 3.85. The minimum Gasteiger partial charge on any atom is -0.0579 e. The van der Waals surface area contributed by atoms with E-state index >= 15 is 0 Å². The van der Waals surface area contributed by atoms with E-state index in [-0.39, 0.29) is 0 Å². The van der Waals surface area contributed by atoms with Crippen LogP contribution in [0.3, 0.4) is 0 Å². The lowest BCUT2D eigenvalue weighted by Gasteiger charge is -1.99. The summed E-state index contributed by atoms with van der Waals surface area (Å²) < 4.78 is 1.16. The molecule has 0 bridgehead atoms. The summed E-state index contributed by atoms with van der Waals surface area (Å²) in [6.07, 6.45) is 4.72. The van der Waals surface area contributed by atoms with Crippen LogP contribution in [0, 0.1) is 6.92 Å². The summed E-state index contributed by atoms with van der Waals surface area (Å²) in [6, 6.07) is 8.54. The third-order valence-corrected chi connectivity index (χ3v) is 2.41. The van der Waals surface area contributed by atoms with Crippen molar-refractivity contribution < 1.29 is 0 Å². The Morgan fingerprint density at radius 1 is 1.08 bits per heavy atom. The van der Waals surface area contributed by atoms with E-state index in [1.165, 1.54) is 24.8 Å². The first-order valence-corrected chi connectivity index (χ1v) is 5.16. The van der Waals surface area contributed by atoms with Crippen molar-refractivity contribution in [2.45, 2.75) is 25.7 Å². The lowest BCUT2D eigenvalue weighted by atomic mass is 10.1. The Hall–Kier alpha value is -0.300. The fourth-order valence-corrected chi connectivity index (χ4v) is 1.42. The quantitative estimate of drug-likeness (QED) is 0.681. The molecule has 1 radical (unpaired) electrons. The van der Waals surface area contributed by atoms with Gasteiger partial charge in [0, 0.05) is 4.47 Å². The standard InChI is InChI=1S/C11H14Br/c1-2-3-4-5-10-6-8-11(12)9-7-10/h6-9H,1-5H2. The zero-order valence-corrected chi connectivity index (χ0v) is 8.81. The molecule has 65 valence electrons. The fraction of sp³-hybridized carbons (Fsp3) is 0.364. The maximum Gasteiger partial charge on any atom is 0.0175 e. The van der Waals surface area contributed by atoms with Gasteiger partial charge in [0.2, 0.25) is 0 Å². The predicted molar refractivity (Wildman–Crippen MR) is 57.1 cm³/mol. The van der Waals surface area contributed by atoms with E-state index in [0.717, 1.165) is 10.9 Å². The van der Waals surface area contributed by atoms with Crippen LogP contribution in [0.15, 0.2) is 28.7 Å². The second kappa shape index (κ2) is 5.36. The molecule has 0 aliphatic rings. The number of rotatable bonds is 4. The van der Waals surface area contributed by atoms with Crippen LogP contribution in [0.4, 0.5) is 0 Å². The van der Waals surface area contributed by atoms with Crippen LogP contribution in [-0.2, 0) is 6.42 Å². The molecule has 0 aromatic heterocycles. The number of hydrogen-bond acceptors (Lipinski definition) is 0. The smallest absolute Gasteiger partial charge is 0.0175 e. The van der Waals surface area contributed by atoms with Crippen molar-refractivity contribution in [3.63, 3.8) is 0 Å². The van der Waals surface area contributed by atoms with Crippen LogP contribution in [-0.4, -0.2) is 0 Å². The minimum atomic E-state index is 1.05. The Labute approximate surface area is 83.1 Å². The molecule has 1 aromatic carbocycles. The highest BCUT2D eigenvalue weighted by molar-refractivity contribution is 9.10. The molecule has 0 aliphatic carbocycles. The van der Waals surface area contributed by atoms with Crippen molar-refractivity contribution in [3.05, 3.63) is 41.2 Å². The van der Waals surface area contributed by atoms with Gasteiger partial charge in [-0.25, -0.2) is 0 Å². The van der Waals surface area contributed by atoms with Gasteiger partial charge in [0.1, 0.15) is 0 Å². The highest BCUT2D eigenvalue weighted by Crippen LogP contribution is 2.12. The molecule has 1 rings (SSSR count). The molecule has 0 spiro atoms. The molecule has 1 aromatic rings. The first-order chi connectivity index (χ1) is 5.83. The third kappa shape index (κ3) is 3.40. The zero-order chi connectivity index (χ0) is 8.81. The van der Waals surface area contributed by atoms with E-state index in [2.05, 4.69) is 47.1 Å². The average Bonchev–Trinajstić information content (AvgIpc) is 2.09. The largest absolute Gasteiger partial charge is 0.0579 e. The van der Waals surface area contributed by atoms with Gasteiger partial charge in [0.25, 0.3) is 0 Å². The van der Waals surface area contributed by atoms with E-state index in [9.17, 15) is 0 Å². The van der Waals surface area contributed by atoms with Crippen molar-refractivity contribution >= 4 is 15.9 Å². The van der Waals surface area contributed by atoms with Gasteiger partial charge in [-0.2, -0.15) is 0 Å². The molecule has 12 heavy (non-hydrogen) atoms. The molecule has 0 N–H and O–H groups in total. The molecule has 0 amide bonds. The topological polar surface area (TPSA) is 0 Å². The minimum absolute atomic E-state index is 1.05. The lowest BCUT2D eigenvalue weighted by Crippen LogP contribution is -1.84. The summed E-state index contributed by atoms with van der Waals surface area (Å²) >= 11 is 3.42. The summed E-state index contributed by atoms with van der Waals surface area (Å²) in [7, 11) is 0. The van der Waals surface area contributed by atoms with Gasteiger partial charge in [-0.15, -0.1) is 0 Å². The van der Waals surface area contributed by atoms with E-state index < -0.39 is 0 Å². The SMILES string of the molecule is [CH2]CCCCc1ccc(Br)cc1. The first kappa shape index (κ1) is 9.79. The van der Waals surface area contributed by atoms with Gasteiger partial charge in [0.15, 0.2) is 0 Å². The molecule has 0 aliphatic heterocycles. The molecule has 0 saturated heterocycles. The van der Waals surface area contributed by atoms with Crippen LogP contribution >= 0.6 is 15.9 Å². The molecule has 0 unspecified atom stereocenters. The molecule has 0 saturated carbocycles. The summed E-state index contributed by atoms with van der Waals surface area (Å²) in [5.74, 6) is 0. The molecule has 0 heterocycles. The fourth-order valence-electron chi connectivity index (χ4n) is 1.16. The van der Waals surface area contributed by atoms with Gasteiger partial charge in [0.05, 0.1) is 0 Å². The predicted octanol–water partition coefficient (Wildman–Crippen LogP) is 4.00. The molecule has 0 atom stereocenters.